The van der Waals surface area contributed by atoms with E-state index in [1.807, 2.05) is 24.4 Å². The summed E-state index contributed by atoms with van der Waals surface area (Å²) < 4.78 is 0. The number of hydrogen-bond acceptors (Lipinski definition) is 2. The molecule has 0 spiro atoms. The summed E-state index contributed by atoms with van der Waals surface area (Å²) in [5, 5.41) is 10.4. The Morgan fingerprint density at radius 3 is 3.00 bits per heavy atom. The highest BCUT2D eigenvalue weighted by atomic mass is 32.1. The van der Waals surface area contributed by atoms with Gasteiger partial charge in [0.05, 0.1) is 6.42 Å². The van der Waals surface area contributed by atoms with Crippen molar-refractivity contribution in [2.75, 3.05) is 0 Å². The maximum atomic E-state index is 10.2. The van der Waals surface area contributed by atoms with Crippen LogP contribution in [-0.4, -0.2) is 11.1 Å². The smallest absolute Gasteiger partial charge is 0.307 e. The summed E-state index contributed by atoms with van der Waals surface area (Å²) in [6.07, 6.45) is 3.62. The van der Waals surface area contributed by atoms with Crippen LogP contribution in [0.2, 0.25) is 0 Å². The summed E-state index contributed by atoms with van der Waals surface area (Å²) in [5.74, 6) is -0.791. The quantitative estimate of drug-likeness (QED) is 0.780. The number of carbonyl (C=O) groups is 1. The average molecular weight is 182 g/mol. The fraction of sp³-hybridized carbons (Fsp3) is 0.222. The highest BCUT2D eigenvalue weighted by Crippen LogP contribution is 2.17. The third kappa shape index (κ3) is 2.51. The zero-order valence-corrected chi connectivity index (χ0v) is 7.60. The van der Waals surface area contributed by atoms with E-state index in [4.69, 9.17) is 5.11 Å². The highest BCUT2D eigenvalue weighted by molar-refractivity contribution is 7.11. The lowest BCUT2D eigenvalue weighted by atomic mass is 10.2. The molecule has 0 aromatic carbocycles. The Morgan fingerprint density at radius 1 is 1.75 bits per heavy atom. The van der Waals surface area contributed by atoms with E-state index in [9.17, 15) is 4.79 Å². The van der Waals surface area contributed by atoms with Crippen LogP contribution in [0.25, 0.3) is 6.08 Å². The van der Waals surface area contributed by atoms with Crippen LogP contribution in [-0.2, 0) is 4.79 Å². The van der Waals surface area contributed by atoms with Crippen LogP contribution in [0.4, 0.5) is 0 Å². The topological polar surface area (TPSA) is 37.3 Å². The first-order chi connectivity index (χ1) is 5.70. The van der Waals surface area contributed by atoms with Gasteiger partial charge in [-0.3, -0.25) is 4.79 Å². The van der Waals surface area contributed by atoms with E-state index < -0.39 is 5.97 Å². The summed E-state index contributed by atoms with van der Waals surface area (Å²) in [6, 6.07) is 2.02. The molecule has 0 radical (unpaired) electrons. The molecule has 0 unspecified atom stereocenters. The SMILES string of the molecule is Cc1ccsc1/C=C/CC(=O)O. The van der Waals surface area contributed by atoms with Gasteiger partial charge in [0.2, 0.25) is 0 Å². The van der Waals surface area contributed by atoms with E-state index >= 15 is 0 Å². The molecule has 64 valence electrons. The normalized spacial score (nSPS) is 10.8. The second-order valence-electron chi connectivity index (χ2n) is 2.47. The van der Waals surface area contributed by atoms with Gasteiger partial charge in [0.25, 0.3) is 0 Å². The van der Waals surface area contributed by atoms with Crippen molar-refractivity contribution in [2.45, 2.75) is 13.3 Å². The lowest BCUT2D eigenvalue weighted by molar-refractivity contribution is -0.135. The molecule has 3 heteroatoms. The van der Waals surface area contributed by atoms with Crippen LogP contribution in [0.1, 0.15) is 16.9 Å². The molecule has 0 aliphatic carbocycles. The molecule has 0 saturated heterocycles. The van der Waals surface area contributed by atoms with Gasteiger partial charge in [-0.1, -0.05) is 6.08 Å². The van der Waals surface area contributed by atoms with E-state index in [2.05, 4.69) is 0 Å². The van der Waals surface area contributed by atoms with E-state index in [0.717, 1.165) is 4.88 Å². The minimum atomic E-state index is -0.791. The van der Waals surface area contributed by atoms with E-state index in [-0.39, 0.29) is 6.42 Å². The zero-order valence-electron chi connectivity index (χ0n) is 6.78. The summed E-state index contributed by atoms with van der Waals surface area (Å²) in [6.45, 7) is 2.01. The van der Waals surface area contributed by atoms with Crippen LogP contribution < -0.4 is 0 Å². The third-order valence-electron chi connectivity index (χ3n) is 1.46. The molecule has 0 bridgehead atoms. The average Bonchev–Trinajstić information content (AvgIpc) is 2.36. The standard InChI is InChI=1S/C9H10O2S/c1-7-5-6-12-8(7)3-2-4-9(10)11/h2-3,5-6H,4H2,1H3,(H,10,11)/b3-2+. The van der Waals surface area contributed by atoms with Gasteiger partial charge < -0.3 is 5.11 Å². The maximum absolute atomic E-state index is 10.2. The van der Waals surface area contributed by atoms with Gasteiger partial charge in [0.1, 0.15) is 0 Å². The molecule has 0 atom stereocenters. The number of rotatable bonds is 3. The van der Waals surface area contributed by atoms with E-state index in [0.29, 0.717) is 0 Å². The molecular weight excluding hydrogens is 172 g/mol. The van der Waals surface area contributed by atoms with Gasteiger partial charge >= 0.3 is 5.97 Å². The first-order valence-electron chi connectivity index (χ1n) is 3.62. The molecule has 0 fully saturated rings. The summed E-state index contributed by atoms with van der Waals surface area (Å²) in [7, 11) is 0. The van der Waals surface area contributed by atoms with E-state index in [1.165, 1.54) is 5.56 Å². The fourth-order valence-electron chi connectivity index (χ4n) is 0.822. The van der Waals surface area contributed by atoms with Gasteiger partial charge in [-0.25, -0.2) is 0 Å². The zero-order chi connectivity index (χ0) is 8.97. The molecule has 1 aromatic heterocycles. The van der Waals surface area contributed by atoms with Gasteiger partial charge in [-0.05, 0) is 30.0 Å². The first-order valence-corrected chi connectivity index (χ1v) is 4.50. The molecule has 1 heterocycles. The Kier molecular flexibility index (Phi) is 3.05. The van der Waals surface area contributed by atoms with Crippen molar-refractivity contribution in [1.29, 1.82) is 0 Å². The summed E-state index contributed by atoms with van der Waals surface area (Å²) >= 11 is 1.62. The first kappa shape index (κ1) is 9.00. The number of aryl methyl sites for hydroxylation is 1. The van der Waals surface area contributed by atoms with Crippen LogP contribution >= 0.6 is 11.3 Å². The molecule has 2 nitrogen and oxygen atoms in total. The number of hydrogen-bond donors (Lipinski definition) is 1. The number of aliphatic carboxylic acids is 1. The molecule has 12 heavy (non-hydrogen) atoms. The van der Waals surface area contributed by atoms with Crippen molar-refractivity contribution in [3.63, 3.8) is 0 Å². The van der Waals surface area contributed by atoms with Crippen molar-refractivity contribution in [3.8, 4) is 0 Å². The molecule has 0 aliphatic rings. The second kappa shape index (κ2) is 4.07. The van der Waals surface area contributed by atoms with E-state index in [1.54, 1.807) is 17.4 Å². The molecule has 0 aliphatic heterocycles. The molecule has 0 saturated carbocycles. The number of thiophene rings is 1. The highest BCUT2D eigenvalue weighted by Gasteiger charge is 1.94. The molecule has 1 rings (SSSR count). The van der Waals surface area contributed by atoms with Crippen LogP contribution in [0, 0.1) is 6.92 Å². The minimum Gasteiger partial charge on any atom is -0.481 e. The fourth-order valence-corrected chi connectivity index (χ4v) is 1.67. The lowest BCUT2D eigenvalue weighted by Crippen LogP contribution is -1.89. The van der Waals surface area contributed by atoms with Gasteiger partial charge in [0, 0.05) is 4.88 Å². The molecule has 0 amide bonds. The second-order valence-corrected chi connectivity index (χ2v) is 3.42. The minimum absolute atomic E-state index is 0.0946. The lowest BCUT2D eigenvalue weighted by Gasteiger charge is -1.87. The Bertz CT molecular complexity index is 299. The van der Waals surface area contributed by atoms with Crippen molar-refractivity contribution in [3.05, 3.63) is 28.0 Å². The maximum Gasteiger partial charge on any atom is 0.307 e. The van der Waals surface area contributed by atoms with Crippen LogP contribution in [0.5, 0.6) is 0 Å². The van der Waals surface area contributed by atoms with Crippen LogP contribution in [0.3, 0.4) is 0 Å². The number of carboxylic acids is 1. The predicted molar refractivity (Wildman–Crippen MR) is 50.3 cm³/mol. The Labute approximate surface area is 75.2 Å². The summed E-state index contributed by atoms with van der Waals surface area (Å²) in [4.78, 5) is 11.3. The van der Waals surface area contributed by atoms with Crippen molar-refractivity contribution >= 4 is 23.4 Å². The molecule has 1 aromatic rings. The monoisotopic (exact) mass is 182 g/mol. The third-order valence-corrected chi connectivity index (χ3v) is 2.45. The van der Waals surface area contributed by atoms with Crippen molar-refractivity contribution in [1.82, 2.24) is 0 Å². The Hall–Kier alpha value is -1.09. The van der Waals surface area contributed by atoms with Gasteiger partial charge in [-0.2, -0.15) is 0 Å². The predicted octanol–water partition coefficient (Wildman–Crippen LogP) is 2.54. The number of carboxylic acid groups (broad SMARTS) is 1. The Balaban J connectivity index is 2.57. The molecule has 1 N–H and O–H groups in total. The van der Waals surface area contributed by atoms with Crippen molar-refractivity contribution in [2.24, 2.45) is 0 Å². The summed E-state index contributed by atoms with van der Waals surface area (Å²) in [5.41, 5.74) is 1.20. The van der Waals surface area contributed by atoms with Gasteiger partial charge in [0.15, 0.2) is 0 Å². The molecular formula is C9H10O2S. The van der Waals surface area contributed by atoms with Crippen molar-refractivity contribution < 1.29 is 9.90 Å². The Morgan fingerprint density at radius 2 is 2.50 bits per heavy atom. The van der Waals surface area contributed by atoms with Gasteiger partial charge in [-0.15, -0.1) is 11.3 Å². The van der Waals surface area contributed by atoms with Crippen LogP contribution in [0.15, 0.2) is 17.5 Å². The largest absolute Gasteiger partial charge is 0.481 e.